The van der Waals surface area contributed by atoms with Gasteiger partial charge in [0.15, 0.2) is 0 Å². The van der Waals surface area contributed by atoms with Crippen molar-refractivity contribution in [1.29, 1.82) is 0 Å². The Bertz CT molecular complexity index is 700. The zero-order valence-corrected chi connectivity index (χ0v) is 10.4. The van der Waals surface area contributed by atoms with Crippen LogP contribution in [0.2, 0.25) is 0 Å². The number of nitrogens with one attached hydrogen (secondary N) is 1. The molecule has 1 aromatic carbocycles. The van der Waals surface area contributed by atoms with Crippen LogP contribution in [0.4, 0.5) is 11.4 Å². The monoisotopic (exact) mass is 270 g/mol. The summed E-state index contributed by atoms with van der Waals surface area (Å²) in [5, 5.41) is 13.8. The first kappa shape index (κ1) is 12.2. The maximum absolute atomic E-state index is 11.6. The molecule has 1 aromatic heterocycles. The van der Waals surface area contributed by atoms with Crippen LogP contribution >= 0.6 is 0 Å². The van der Waals surface area contributed by atoms with Crippen molar-refractivity contribution in [3.05, 3.63) is 46.5 Å². The fourth-order valence-electron chi connectivity index (χ4n) is 2.25. The Labute approximate surface area is 113 Å². The number of hydrogen-bond donors (Lipinski definition) is 1. The number of benzene rings is 1. The van der Waals surface area contributed by atoms with Gasteiger partial charge in [0.1, 0.15) is 6.33 Å². The second-order valence-electron chi connectivity index (χ2n) is 4.46. The van der Waals surface area contributed by atoms with Gasteiger partial charge in [0.25, 0.3) is 5.69 Å². The molecular formula is C13H10N4O3. The lowest BCUT2D eigenvalue weighted by Crippen LogP contribution is -2.20. The van der Waals surface area contributed by atoms with Crippen LogP contribution in [0.15, 0.2) is 30.9 Å². The molecule has 0 radical (unpaired) electrons. The molecule has 1 aliphatic heterocycles. The third-order valence-electron chi connectivity index (χ3n) is 3.17. The van der Waals surface area contributed by atoms with Gasteiger partial charge in [-0.15, -0.1) is 0 Å². The molecule has 2 heterocycles. The molecule has 7 heteroatoms. The molecule has 0 fully saturated rings. The van der Waals surface area contributed by atoms with E-state index < -0.39 is 4.92 Å². The minimum absolute atomic E-state index is 0.00116. The predicted octanol–water partition coefficient (Wildman–Crippen LogP) is 1.94. The van der Waals surface area contributed by atoms with Gasteiger partial charge in [0.2, 0.25) is 5.91 Å². The van der Waals surface area contributed by atoms with E-state index in [1.807, 2.05) is 0 Å². The zero-order chi connectivity index (χ0) is 14.1. The molecule has 3 rings (SSSR count). The molecule has 0 saturated heterocycles. The van der Waals surface area contributed by atoms with Crippen LogP contribution < -0.4 is 5.32 Å². The quantitative estimate of drug-likeness (QED) is 0.664. The summed E-state index contributed by atoms with van der Waals surface area (Å²) >= 11 is 0. The number of rotatable bonds is 2. The Hall–Kier alpha value is -2.83. The number of aryl methyl sites for hydroxylation is 1. The van der Waals surface area contributed by atoms with Crippen LogP contribution in [0.25, 0.3) is 11.1 Å². The fraction of sp³-hybridized carbons (Fsp3) is 0.154. The minimum Gasteiger partial charge on any atom is -0.325 e. The smallest absolute Gasteiger partial charge is 0.270 e. The van der Waals surface area contributed by atoms with Gasteiger partial charge >= 0.3 is 0 Å². The molecule has 0 saturated carbocycles. The van der Waals surface area contributed by atoms with E-state index in [4.69, 9.17) is 0 Å². The summed E-state index contributed by atoms with van der Waals surface area (Å²) in [6.45, 7) is 0. The van der Waals surface area contributed by atoms with Crippen molar-refractivity contribution in [1.82, 2.24) is 9.97 Å². The molecule has 1 N–H and O–H groups in total. The van der Waals surface area contributed by atoms with Gasteiger partial charge in [0, 0.05) is 42.1 Å². The second kappa shape index (κ2) is 4.69. The maximum atomic E-state index is 11.6. The Morgan fingerprint density at radius 2 is 1.95 bits per heavy atom. The number of fused-ring (bicyclic) bond motifs is 1. The molecule has 0 bridgehead atoms. The van der Waals surface area contributed by atoms with Gasteiger partial charge in [-0.3, -0.25) is 14.9 Å². The number of hydrogen-bond acceptors (Lipinski definition) is 5. The number of carbonyl (C=O) groups excluding carboxylic acids is 1. The van der Waals surface area contributed by atoms with Crippen molar-refractivity contribution in [2.24, 2.45) is 0 Å². The molecule has 100 valence electrons. The number of aromatic nitrogens is 2. The lowest BCUT2D eigenvalue weighted by atomic mass is 9.95. The van der Waals surface area contributed by atoms with E-state index in [1.165, 1.54) is 18.5 Å². The van der Waals surface area contributed by atoms with Crippen LogP contribution in [0.1, 0.15) is 12.0 Å². The van der Waals surface area contributed by atoms with Crippen LogP contribution in [0.3, 0.4) is 0 Å². The van der Waals surface area contributed by atoms with E-state index in [2.05, 4.69) is 15.3 Å². The van der Waals surface area contributed by atoms with Crippen LogP contribution in [0.5, 0.6) is 0 Å². The Morgan fingerprint density at radius 1 is 1.20 bits per heavy atom. The number of carbonyl (C=O) groups is 1. The van der Waals surface area contributed by atoms with Crippen LogP contribution in [-0.4, -0.2) is 20.8 Å². The highest BCUT2D eigenvalue weighted by Gasteiger charge is 2.23. The third kappa shape index (κ3) is 2.09. The van der Waals surface area contributed by atoms with Crippen molar-refractivity contribution >= 4 is 17.3 Å². The first-order valence-corrected chi connectivity index (χ1v) is 6.01. The number of nitro benzene ring substituents is 1. The SMILES string of the molecule is O=C1CCc2cc([N+](=O)[O-])cc(-c3cncnc3)c2N1. The van der Waals surface area contributed by atoms with E-state index >= 15 is 0 Å². The molecular weight excluding hydrogens is 260 g/mol. The van der Waals surface area contributed by atoms with Crippen molar-refractivity contribution in [3.8, 4) is 11.1 Å². The first-order chi connectivity index (χ1) is 9.65. The predicted molar refractivity (Wildman–Crippen MR) is 71.1 cm³/mol. The van der Waals surface area contributed by atoms with Gasteiger partial charge < -0.3 is 5.32 Å². The summed E-state index contributed by atoms with van der Waals surface area (Å²) in [5.74, 6) is -0.0931. The van der Waals surface area contributed by atoms with Gasteiger partial charge in [-0.2, -0.15) is 0 Å². The summed E-state index contributed by atoms with van der Waals surface area (Å²) in [5.41, 5.74) is 2.58. The van der Waals surface area contributed by atoms with Crippen LogP contribution in [0, 0.1) is 10.1 Å². The van der Waals surface area contributed by atoms with Gasteiger partial charge in [-0.05, 0) is 12.0 Å². The van der Waals surface area contributed by atoms with Crippen molar-refractivity contribution in [2.75, 3.05) is 5.32 Å². The van der Waals surface area contributed by atoms with E-state index in [9.17, 15) is 14.9 Å². The van der Waals surface area contributed by atoms with E-state index in [1.54, 1.807) is 12.4 Å². The lowest BCUT2D eigenvalue weighted by molar-refractivity contribution is -0.384. The highest BCUT2D eigenvalue weighted by Crippen LogP contribution is 2.37. The average molecular weight is 270 g/mol. The molecule has 20 heavy (non-hydrogen) atoms. The Kier molecular flexibility index (Phi) is 2.86. The van der Waals surface area contributed by atoms with E-state index in [0.717, 1.165) is 5.56 Å². The number of non-ortho nitro benzene ring substituents is 1. The summed E-state index contributed by atoms with van der Waals surface area (Å²) in [7, 11) is 0. The Morgan fingerprint density at radius 3 is 2.65 bits per heavy atom. The highest BCUT2D eigenvalue weighted by molar-refractivity contribution is 5.99. The summed E-state index contributed by atoms with van der Waals surface area (Å²) < 4.78 is 0. The molecule has 0 unspecified atom stereocenters. The van der Waals surface area contributed by atoms with Gasteiger partial charge in [-0.25, -0.2) is 9.97 Å². The van der Waals surface area contributed by atoms with Crippen molar-refractivity contribution in [2.45, 2.75) is 12.8 Å². The number of nitrogens with zero attached hydrogens (tertiary/aromatic N) is 3. The van der Waals surface area contributed by atoms with Gasteiger partial charge in [0.05, 0.1) is 10.6 Å². The summed E-state index contributed by atoms with van der Waals surface area (Å²) in [6.07, 6.45) is 5.33. The van der Waals surface area contributed by atoms with E-state index in [0.29, 0.717) is 29.7 Å². The second-order valence-corrected chi connectivity index (χ2v) is 4.46. The normalized spacial score (nSPS) is 13.5. The van der Waals surface area contributed by atoms with Crippen molar-refractivity contribution < 1.29 is 9.72 Å². The minimum atomic E-state index is -0.440. The number of amides is 1. The number of anilines is 1. The molecule has 2 aromatic rings. The zero-order valence-electron chi connectivity index (χ0n) is 10.4. The highest BCUT2D eigenvalue weighted by atomic mass is 16.6. The van der Waals surface area contributed by atoms with E-state index in [-0.39, 0.29) is 11.6 Å². The first-order valence-electron chi connectivity index (χ1n) is 6.01. The summed E-state index contributed by atoms with van der Waals surface area (Å²) in [4.78, 5) is 30.0. The average Bonchev–Trinajstić information content (AvgIpc) is 2.47. The largest absolute Gasteiger partial charge is 0.325 e. The third-order valence-corrected chi connectivity index (χ3v) is 3.17. The molecule has 1 amide bonds. The lowest BCUT2D eigenvalue weighted by Gasteiger charge is -2.20. The maximum Gasteiger partial charge on any atom is 0.270 e. The standard InChI is InChI=1S/C13H10N4O3/c18-12-2-1-8-3-10(17(19)20)4-11(13(8)16-12)9-5-14-7-15-6-9/h3-7H,1-2H2,(H,16,18). The molecule has 7 nitrogen and oxygen atoms in total. The topological polar surface area (TPSA) is 98.0 Å². The fourth-order valence-corrected chi connectivity index (χ4v) is 2.25. The van der Waals surface area contributed by atoms with Crippen molar-refractivity contribution in [3.63, 3.8) is 0 Å². The number of nitro groups is 1. The Balaban J connectivity index is 2.23. The molecule has 0 aliphatic carbocycles. The molecule has 0 spiro atoms. The van der Waals surface area contributed by atoms with Crippen LogP contribution in [-0.2, 0) is 11.2 Å². The van der Waals surface area contributed by atoms with Gasteiger partial charge in [-0.1, -0.05) is 0 Å². The molecule has 1 aliphatic rings. The summed E-state index contributed by atoms with van der Waals surface area (Å²) in [6, 6.07) is 2.94. The molecule has 0 atom stereocenters.